The van der Waals surface area contributed by atoms with Crippen LogP contribution in [0.2, 0.25) is 10.0 Å². The zero-order chi connectivity index (χ0) is 22.9. The van der Waals surface area contributed by atoms with E-state index in [1.807, 2.05) is 30.3 Å². The van der Waals surface area contributed by atoms with Gasteiger partial charge in [-0.2, -0.15) is 0 Å². The van der Waals surface area contributed by atoms with Crippen molar-refractivity contribution in [1.82, 2.24) is 9.62 Å². The molecule has 32 heavy (non-hydrogen) atoms. The van der Waals surface area contributed by atoms with Crippen molar-refractivity contribution in [2.75, 3.05) is 5.32 Å². The first-order chi connectivity index (χ1) is 15.3. The lowest BCUT2D eigenvalue weighted by Crippen LogP contribution is -2.50. The Kier molecular flexibility index (Phi) is 6.10. The van der Waals surface area contributed by atoms with Gasteiger partial charge in [0.2, 0.25) is 11.8 Å². The molecule has 0 unspecified atom stereocenters. The Labute approximate surface area is 194 Å². The number of benzene rings is 3. The summed E-state index contributed by atoms with van der Waals surface area (Å²) in [4.78, 5) is 25.2. The van der Waals surface area contributed by atoms with Crippen LogP contribution in [-0.2, 0) is 19.6 Å². The van der Waals surface area contributed by atoms with Crippen molar-refractivity contribution in [2.45, 2.75) is 17.4 Å². The van der Waals surface area contributed by atoms with Crippen molar-refractivity contribution in [3.63, 3.8) is 0 Å². The molecule has 3 aromatic rings. The first-order valence-electron chi connectivity index (χ1n) is 9.50. The number of hydrogen-bond acceptors (Lipinski definition) is 4. The highest BCUT2D eigenvalue weighted by atomic mass is 35.5. The van der Waals surface area contributed by atoms with Gasteiger partial charge in [-0.15, -0.1) is 0 Å². The SMILES string of the molecule is O=C(C[C@@H]1C(=O)NC=CN1S(=O)(=O)c1ccc(Cl)c(Cl)c1)Nc1cccc2ccccc12. The van der Waals surface area contributed by atoms with E-state index in [2.05, 4.69) is 10.6 Å². The minimum absolute atomic E-state index is 0.0587. The number of amides is 2. The minimum atomic E-state index is -4.17. The van der Waals surface area contributed by atoms with Crippen LogP contribution in [-0.4, -0.2) is 30.6 Å². The molecule has 1 heterocycles. The molecule has 0 fully saturated rings. The van der Waals surface area contributed by atoms with Crippen molar-refractivity contribution in [3.05, 3.63) is 83.1 Å². The van der Waals surface area contributed by atoms with E-state index in [0.29, 0.717) is 5.69 Å². The molecule has 2 N–H and O–H groups in total. The lowest BCUT2D eigenvalue weighted by Gasteiger charge is -2.31. The second kappa shape index (κ2) is 8.82. The first-order valence-corrected chi connectivity index (χ1v) is 11.7. The van der Waals surface area contributed by atoms with E-state index in [1.165, 1.54) is 30.6 Å². The molecule has 0 radical (unpaired) electrons. The number of sulfonamides is 1. The Morgan fingerprint density at radius 3 is 2.56 bits per heavy atom. The molecular formula is C22H17Cl2N3O4S. The van der Waals surface area contributed by atoms with Gasteiger partial charge in [0.25, 0.3) is 10.0 Å². The third-order valence-electron chi connectivity index (χ3n) is 4.97. The van der Waals surface area contributed by atoms with Crippen LogP contribution in [0.5, 0.6) is 0 Å². The number of rotatable bonds is 5. The smallest absolute Gasteiger partial charge is 0.264 e. The predicted molar refractivity (Wildman–Crippen MR) is 124 cm³/mol. The van der Waals surface area contributed by atoms with Gasteiger partial charge in [-0.05, 0) is 29.7 Å². The van der Waals surface area contributed by atoms with Crippen LogP contribution in [0.4, 0.5) is 5.69 Å². The summed E-state index contributed by atoms with van der Waals surface area (Å²) in [5, 5.41) is 7.25. The lowest BCUT2D eigenvalue weighted by atomic mass is 10.1. The maximum Gasteiger partial charge on any atom is 0.264 e. The lowest BCUT2D eigenvalue weighted by molar-refractivity contribution is -0.127. The number of nitrogens with zero attached hydrogens (tertiary/aromatic N) is 1. The fourth-order valence-corrected chi connectivity index (χ4v) is 5.25. The number of carbonyl (C=O) groups excluding carboxylic acids is 2. The maximum atomic E-state index is 13.2. The summed E-state index contributed by atoms with van der Waals surface area (Å²) in [6.07, 6.45) is 2.02. The van der Waals surface area contributed by atoms with E-state index < -0.39 is 27.9 Å². The second-order valence-electron chi connectivity index (χ2n) is 7.03. The van der Waals surface area contributed by atoms with Gasteiger partial charge in [0.1, 0.15) is 6.04 Å². The molecule has 0 bridgehead atoms. The molecule has 0 aliphatic carbocycles. The summed E-state index contributed by atoms with van der Waals surface area (Å²) in [7, 11) is -4.17. The molecule has 0 aromatic heterocycles. The fraction of sp³-hybridized carbons (Fsp3) is 0.0909. The Hall–Kier alpha value is -3.07. The molecule has 1 atom stereocenters. The van der Waals surface area contributed by atoms with Crippen LogP contribution in [0, 0.1) is 0 Å². The van der Waals surface area contributed by atoms with Gasteiger partial charge in [0, 0.05) is 23.5 Å². The summed E-state index contributed by atoms with van der Waals surface area (Å²) in [5.74, 6) is -1.13. The van der Waals surface area contributed by atoms with Crippen LogP contribution >= 0.6 is 23.2 Å². The van der Waals surface area contributed by atoms with Crippen molar-refractivity contribution in [2.24, 2.45) is 0 Å². The summed E-state index contributed by atoms with van der Waals surface area (Å²) in [5.41, 5.74) is 0.568. The summed E-state index contributed by atoms with van der Waals surface area (Å²) < 4.78 is 27.2. The van der Waals surface area contributed by atoms with Gasteiger partial charge in [-0.3, -0.25) is 13.9 Å². The Bertz CT molecular complexity index is 1350. The molecular weight excluding hydrogens is 473 g/mol. The van der Waals surface area contributed by atoms with Crippen LogP contribution in [0.3, 0.4) is 0 Å². The molecule has 3 aromatic carbocycles. The number of halogens is 2. The molecule has 7 nitrogen and oxygen atoms in total. The number of nitrogens with one attached hydrogen (secondary N) is 2. The Morgan fingerprint density at radius 1 is 1.03 bits per heavy atom. The summed E-state index contributed by atoms with van der Waals surface area (Å²) in [6.45, 7) is 0. The highest BCUT2D eigenvalue weighted by Crippen LogP contribution is 2.29. The second-order valence-corrected chi connectivity index (χ2v) is 9.69. The van der Waals surface area contributed by atoms with Gasteiger partial charge in [0.15, 0.2) is 0 Å². The topological polar surface area (TPSA) is 95.6 Å². The quantitative estimate of drug-likeness (QED) is 0.562. The maximum absolute atomic E-state index is 13.2. The first kappa shape index (κ1) is 22.1. The summed E-state index contributed by atoms with van der Waals surface area (Å²) in [6, 6.07) is 15.5. The van der Waals surface area contributed by atoms with Gasteiger partial charge in [-0.1, -0.05) is 59.6 Å². The average molecular weight is 490 g/mol. The number of hydrogen-bond donors (Lipinski definition) is 2. The molecule has 4 rings (SSSR count). The van der Waals surface area contributed by atoms with Crippen molar-refractivity contribution < 1.29 is 18.0 Å². The average Bonchev–Trinajstić information content (AvgIpc) is 2.77. The Balaban J connectivity index is 1.60. The van der Waals surface area contributed by atoms with Crippen molar-refractivity contribution in [3.8, 4) is 0 Å². The van der Waals surface area contributed by atoms with E-state index in [4.69, 9.17) is 23.2 Å². The molecule has 1 aliphatic heterocycles. The van der Waals surface area contributed by atoms with Crippen LogP contribution in [0.15, 0.2) is 78.0 Å². The van der Waals surface area contributed by atoms with Gasteiger partial charge in [-0.25, -0.2) is 8.42 Å². The van der Waals surface area contributed by atoms with Crippen LogP contribution in [0.1, 0.15) is 6.42 Å². The standard InChI is InChI=1S/C22H17Cl2N3O4S/c23-17-9-8-15(12-18(17)24)32(30,31)27-11-10-25-22(29)20(27)13-21(28)26-19-7-3-5-14-4-1-2-6-16(14)19/h1-12,20H,13H2,(H,25,29)(H,26,28)/t20-/m1/s1. The van der Waals surface area contributed by atoms with Crippen molar-refractivity contribution >= 4 is 61.5 Å². The van der Waals surface area contributed by atoms with E-state index in [1.54, 1.807) is 12.1 Å². The zero-order valence-corrected chi connectivity index (χ0v) is 18.8. The molecule has 10 heteroatoms. The van der Waals surface area contributed by atoms with E-state index in [0.717, 1.165) is 15.1 Å². The third-order valence-corrected chi connectivity index (χ3v) is 7.49. The van der Waals surface area contributed by atoms with E-state index >= 15 is 0 Å². The number of anilines is 1. The highest BCUT2D eigenvalue weighted by Gasteiger charge is 2.37. The normalized spacial score (nSPS) is 16.1. The largest absolute Gasteiger partial charge is 0.329 e. The molecule has 164 valence electrons. The van der Waals surface area contributed by atoms with Gasteiger partial charge in [0.05, 0.1) is 21.4 Å². The Morgan fingerprint density at radius 2 is 1.78 bits per heavy atom. The van der Waals surface area contributed by atoms with Gasteiger partial charge < -0.3 is 10.6 Å². The van der Waals surface area contributed by atoms with E-state index in [-0.39, 0.29) is 21.4 Å². The minimum Gasteiger partial charge on any atom is -0.329 e. The van der Waals surface area contributed by atoms with Gasteiger partial charge >= 0.3 is 0 Å². The fourth-order valence-electron chi connectivity index (χ4n) is 3.41. The number of fused-ring (bicyclic) bond motifs is 1. The third kappa shape index (κ3) is 4.29. The van der Waals surface area contributed by atoms with E-state index in [9.17, 15) is 18.0 Å². The molecule has 1 aliphatic rings. The van der Waals surface area contributed by atoms with Crippen LogP contribution in [0.25, 0.3) is 10.8 Å². The monoisotopic (exact) mass is 489 g/mol. The van der Waals surface area contributed by atoms with Crippen LogP contribution < -0.4 is 10.6 Å². The molecule has 0 saturated heterocycles. The summed E-state index contributed by atoms with van der Waals surface area (Å²) >= 11 is 11.9. The molecule has 2 amide bonds. The molecule has 0 spiro atoms. The molecule has 0 saturated carbocycles. The van der Waals surface area contributed by atoms with Crippen molar-refractivity contribution in [1.29, 1.82) is 0 Å². The highest BCUT2D eigenvalue weighted by molar-refractivity contribution is 7.89. The predicted octanol–water partition coefficient (Wildman–Crippen LogP) is 4.14. The number of carbonyl (C=O) groups is 2. The zero-order valence-electron chi connectivity index (χ0n) is 16.5.